The molecule has 2 heteroatoms. The van der Waals surface area contributed by atoms with Gasteiger partial charge in [-0.05, 0) is 18.2 Å². The largest absolute Gasteiger partial charge is 0.197 e. The number of hydrogen-bond donors (Lipinski definition) is 0. The molecule has 2 heterocycles. The van der Waals surface area contributed by atoms with Crippen molar-refractivity contribution >= 4 is 25.3 Å². The zero-order chi connectivity index (χ0) is 4.69. The van der Waals surface area contributed by atoms with Gasteiger partial charge in [0.2, 0.25) is 0 Å². The first-order chi connectivity index (χ1) is 3.45. The highest BCUT2D eigenvalue weighted by Gasteiger charge is 2.05. The fourth-order valence-electron chi connectivity index (χ4n) is 0.679. The van der Waals surface area contributed by atoms with Crippen molar-refractivity contribution in [2.75, 3.05) is 0 Å². The normalized spacial score (nSPS) is 11.5. The Balaban J connectivity index is 0.000000320. The zero-order valence-corrected chi connectivity index (χ0v) is 6.03. The highest BCUT2D eigenvalue weighted by molar-refractivity contribution is 8.00. The van der Waals surface area contributed by atoms with Crippen LogP contribution in [0.4, 0.5) is 0 Å². The van der Waals surface area contributed by atoms with E-state index in [0.717, 1.165) is 0 Å². The molecule has 1 aromatic rings. The summed E-state index contributed by atoms with van der Waals surface area (Å²) in [5, 5.41) is 0. The molecule has 0 fully saturated rings. The minimum atomic E-state index is 0. The lowest BCUT2D eigenvalue weighted by Gasteiger charge is -2.10. The van der Waals surface area contributed by atoms with Crippen molar-refractivity contribution in [3.8, 4) is 0 Å². The second-order valence-corrected chi connectivity index (χ2v) is 2.72. The Labute approximate surface area is 59.7 Å². The van der Waals surface area contributed by atoms with E-state index in [0.29, 0.717) is 0 Å². The number of hydrogen-bond acceptors (Lipinski definition) is 1. The van der Waals surface area contributed by atoms with E-state index < -0.39 is 0 Å². The van der Waals surface area contributed by atoms with E-state index in [-0.39, 0.29) is 13.5 Å². The minimum Gasteiger partial charge on any atom is -0.197 e. The number of fused-ring (bicyclic) bond motifs is 2. The second-order valence-electron chi connectivity index (χ2n) is 1.58. The summed E-state index contributed by atoms with van der Waals surface area (Å²) in [7, 11) is 0. The molecule has 0 nitrogen and oxygen atoms in total. The SMILES string of the molecule is S.c1cc2cc(c1)S2. The average Bonchev–Trinajstić information content (AvgIpc) is 1.67. The molecule has 2 bridgehead atoms. The van der Waals surface area contributed by atoms with Gasteiger partial charge in [-0.15, -0.1) is 0 Å². The molecule has 0 aromatic heterocycles. The summed E-state index contributed by atoms with van der Waals surface area (Å²) >= 11 is 1.85. The molecular weight excluding hydrogens is 136 g/mol. The predicted molar refractivity (Wildman–Crippen MR) is 40.9 cm³/mol. The topological polar surface area (TPSA) is 0 Å². The molecule has 0 atom stereocenters. The molecule has 0 radical (unpaired) electrons. The van der Waals surface area contributed by atoms with Crippen molar-refractivity contribution in [1.29, 1.82) is 0 Å². The van der Waals surface area contributed by atoms with Crippen LogP contribution in [-0.4, -0.2) is 0 Å². The van der Waals surface area contributed by atoms with Crippen LogP contribution in [0.5, 0.6) is 0 Å². The van der Waals surface area contributed by atoms with E-state index in [9.17, 15) is 0 Å². The molecule has 8 heavy (non-hydrogen) atoms. The summed E-state index contributed by atoms with van der Waals surface area (Å²) in [6, 6.07) is 8.52. The van der Waals surface area contributed by atoms with Gasteiger partial charge in [0, 0.05) is 9.79 Å². The lowest BCUT2D eigenvalue weighted by molar-refractivity contribution is 1.26. The Hall–Kier alpha value is -0.0800. The molecular formula is C6H6S2. The van der Waals surface area contributed by atoms with Gasteiger partial charge in [-0.2, -0.15) is 13.5 Å². The van der Waals surface area contributed by atoms with Gasteiger partial charge in [0.25, 0.3) is 0 Å². The highest BCUT2D eigenvalue weighted by Crippen LogP contribution is 2.37. The summed E-state index contributed by atoms with van der Waals surface area (Å²) in [4.78, 5) is 2.80. The van der Waals surface area contributed by atoms with E-state index in [1.807, 2.05) is 11.8 Å². The van der Waals surface area contributed by atoms with Gasteiger partial charge in [0.1, 0.15) is 0 Å². The molecule has 1 aromatic carbocycles. The van der Waals surface area contributed by atoms with Crippen LogP contribution >= 0.6 is 25.3 Å². The number of benzene rings is 1. The third-order valence-electron chi connectivity index (χ3n) is 1.04. The molecule has 3 rings (SSSR count). The van der Waals surface area contributed by atoms with Crippen LogP contribution in [-0.2, 0) is 0 Å². The summed E-state index contributed by atoms with van der Waals surface area (Å²) in [5.41, 5.74) is 0. The Kier molecular flexibility index (Phi) is 1.54. The molecule has 2 aliphatic heterocycles. The van der Waals surface area contributed by atoms with Gasteiger partial charge in [0.05, 0.1) is 0 Å². The minimum absolute atomic E-state index is 0. The molecule has 42 valence electrons. The summed E-state index contributed by atoms with van der Waals surface area (Å²) in [6.45, 7) is 0. The molecule has 0 aliphatic carbocycles. The maximum Gasteiger partial charge on any atom is 0.0133 e. The molecule has 0 N–H and O–H groups in total. The van der Waals surface area contributed by atoms with E-state index in [1.54, 1.807) is 0 Å². The summed E-state index contributed by atoms with van der Waals surface area (Å²) < 4.78 is 0. The van der Waals surface area contributed by atoms with Crippen LogP contribution < -0.4 is 0 Å². The zero-order valence-electron chi connectivity index (χ0n) is 4.22. The third kappa shape index (κ3) is 0.740. The van der Waals surface area contributed by atoms with Gasteiger partial charge in [0.15, 0.2) is 0 Å². The van der Waals surface area contributed by atoms with Crippen molar-refractivity contribution < 1.29 is 0 Å². The Morgan fingerprint density at radius 1 is 1.12 bits per heavy atom. The van der Waals surface area contributed by atoms with E-state index >= 15 is 0 Å². The average molecular weight is 142 g/mol. The highest BCUT2D eigenvalue weighted by atomic mass is 32.2. The van der Waals surface area contributed by atoms with Crippen molar-refractivity contribution in [3.05, 3.63) is 24.3 Å². The van der Waals surface area contributed by atoms with E-state index in [1.165, 1.54) is 9.79 Å². The molecule has 0 saturated heterocycles. The first kappa shape index (κ1) is 6.05. The Morgan fingerprint density at radius 3 is 1.75 bits per heavy atom. The lowest BCUT2D eigenvalue weighted by Crippen LogP contribution is -1.81. The van der Waals surface area contributed by atoms with Gasteiger partial charge < -0.3 is 0 Å². The van der Waals surface area contributed by atoms with E-state index in [4.69, 9.17) is 0 Å². The summed E-state index contributed by atoms with van der Waals surface area (Å²) in [6.07, 6.45) is 0. The van der Waals surface area contributed by atoms with Crippen LogP contribution in [0.3, 0.4) is 0 Å². The van der Waals surface area contributed by atoms with Gasteiger partial charge in [-0.3, -0.25) is 0 Å². The molecule has 0 unspecified atom stereocenters. The van der Waals surface area contributed by atoms with Crippen molar-refractivity contribution in [1.82, 2.24) is 0 Å². The molecule has 0 amide bonds. The quantitative estimate of drug-likeness (QED) is 0.543. The molecule has 0 spiro atoms. The summed E-state index contributed by atoms with van der Waals surface area (Å²) in [5.74, 6) is 0. The fourth-order valence-corrected chi connectivity index (χ4v) is 1.43. The van der Waals surface area contributed by atoms with Crippen LogP contribution in [0.1, 0.15) is 0 Å². The number of rotatable bonds is 0. The van der Waals surface area contributed by atoms with Crippen molar-refractivity contribution in [2.45, 2.75) is 9.79 Å². The Morgan fingerprint density at radius 2 is 1.62 bits per heavy atom. The van der Waals surface area contributed by atoms with Gasteiger partial charge in [-0.1, -0.05) is 17.8 Å². The standard InChI is InChI=1S/C6H4S.H2S/c1-2-5-4-6(3-1)7-5;/h1-4H;1H2. The maximum absolute atomic E-state index is 2.19. The molecule has 2 aliphatic rings. The van der Waals surface area contributed by atoms with Crippen LogP contribution in [0.15, 0.2) is 34.1 Å². The van der Waals surface area contributed by atoms with Crippen LogP contribution in [0.25, 0.3) is 0 Å². The third-order valence-corrected chi connectivity index (χ3v) is 2.02. The monoisotopic (exact) mass is 142 g/mol. The maximum atomic E-state index is 2.19. The first-order valence-corrected chi connectivity index (χ1v) is 3.05. The predicted octanol–water partition coefficient (Wildman–Crippen LogP) is 2.26. The smallest absolute Gasteiger partial charge is 0.0133 e. The second kappa shape index (κ2) is 2.03. The van der Waals surface area contributed by atoms with Crippen LogP contribution in [0.2, 0.25) is 0 Å². The van der Waals surface area contributed by atoms with Gasteiger partial charge >= 0.3 is 0 Å². The fraction of sp³-hybridized carbons (Fsp3) is 0. The Bertz CT molecular complexity index is 171. The van der Waals surface area contributed by atoms with Gasteiger partial charge in [-0.25, -0.2) is 0 Å². The van der Waals surface area contributed by atoms with Crippen molar-refractivity contribution in [3.63, 3.8) is 0 Å². The lowest BCUT2D eigenvalue weighted by atomic mass is 10.3. The van der Waals surface area contributed by atoms with Crippen LogP contribution in [0, 0.1) is 0 Å². The molecule has 0 saturated carbocycles. The van der Waals surface area contributed by atoms with E-state index in [2.05, 4.69) is 24.3 Å². The first-order valence-electron chi connectivity index (χ1n) is 2.23. The van der Waals surface area contributed by atoms with Crippen molar-refractivity contribution in [2.24, 2.45) is 0 Å².